The second-order valence-corrected chi connectivity index (χ2v) is 1.71. The molecule has 0 unspecified atom stereocenters. The van der Waals surface area contributed by atoms with Gasteiger partial charge in [-0.2, -0.15) is 0 Å². The van der Waals surface area contributed by atoms with E-state index in [4.69, 9.17) is 0 Å². The van der Waals surface area contributed by atoms with Gasteiger partial charge in [0.2, 0.25) is 0 Å². The second kappa shape index (κ2) is 4.09. The van der Waals surface area contributed by atoms with Gasteiger partial charge in [-0.15, -0.1) is 0 Å². The first-order valence-electron chi connectivity index (χ1n) is 2.58. The van der Waals surface area contributed by atoms with Crippen LogP contribution in [0.2, 0.25) is 0 Å². The standard InChI is InChI=1S/C5H12NO/c1-3-4-6(2)5-7/h3-5H2,1-2H3. The fraction of sp³-hybridized carbons (Fsp3) is 1.00. The average molecular weight is 102 g/mol. The van der Waals surface area contributed by atoms with E-state index in [1.54, 1.807) is 4.90 Å². The first kappa shape index (κ1) is 6.92. The molecule has 7 heavy (non-hydrogen) atoms. The SMILES string of the molecule is CCCN(C)C[O]. The predicted molar refractivity (Wildman–Crippen MR) is 28.5 cm³/mol. The molecule has 0 saturated heterocycles. The number of rotatable bonds is 3. The molecule has 0 fully saturated rings. The van der Waals surface area contributed by atoms with Crippen LogP contribution in [0.5, 0.6) is 0 Å². The molecule has 0 atom stereocenters. The lowest BCUT2D eigenvalue weighted by Gasteiger charge is -2.07. The van der Waals surface area contributed by atoms with Crippen LogP contribution in [-0.2, 0) is 5.11 Å². The maximum absolute atomic E-state index is 9.95. The Morgan fingerprint density at radius 2 is 2.14 bits per heavy atom. The van der Waals surface area contributed by atoms with E-state index in [0.29, 0.717) is 0 Å². The topological polar surface area (TPSA) is 23.1 Å². The molecule has 0 rings (SSSR count). The molecular formula is C5H12NO. The van der Waals surface area contributed by atoms with Gasteiger partial charge in [0.1, 0.15) is 6.73 Å². The Labute approximate surface area is 44.8 Å². The van der Waals surface area contributed by atoms with Crippen molar-refractivity contribution in [2.24, 2.45) is 0 Å². The van der Waals surface area contributed by atoms with Crippen molar-refractivity contribution >= 4 is 0 Å². The summed E-state index contributed by atoms with van der Waals surface area (Å²) in [6.45, 7) is 2.91. The molecule has 0 aliphatic carbocycles. The summed E-state index contributed by atoms with van der Waals surface area (Å²) in [5.74, 6) is 0. The fourth-order valence-corrected chi connectivity index (χ4v) is 0.446. The summed E-state index contributed by atoms with van der Waals surface area (Å²) in [6, 6.07) is 0. The van der Waals surface area contributed by atoms with Crippen molar-refractivity contribution in [1.29, 1.82) is 0 Å². The normalized spacial score (nSPS) is 10.3. The Morgan fingerprint density at radius 1 is 1.57 bits per heavy atom. The van der Waals surface area contributed by atoms with E-state index in [2.05, 4.69) is 6.92 Å². The fourth-order valence-electron chi connectivity index (χ4n) is 0.446. The van der Waals surface area contributed by atoms with E-state index in [9.17, 15) is 5.11 Å². The van der Waals surface area contributed by atoms with Crippen LogP contribution in [0.3, 0.4) is 0 Å². The molecule has 0 aromatic heterocycles. The van der Waals surface area contributed by atoms with Gasteiger partial charge in [-0.25, -0.2) is 5.11 Å². The lowest BCUT2D eigenvalue weighted by Crippen LogP contribution is -2.18. The molecule has 0 aliphatic rings. The van der Waals surface area contributed by atoms with E-state index >= 15 is 0 Å². The van der Waals surface area contributed by atoms with Gasteiger partial charge in [0.25, 0.3) is 0 Å². The van der Waals surface area contributed by atoms with Crippen molar-refractivity contribution in [2.45, 2.75) is 13.3 Å². The van der Waals surface area contributed by atoms with Crippen molar-refractivity contribution in [2.75, 3.05) is 20.3 Å². The summed E-state index contributed by atoms with van der Waals surface area (Å²) >= 11 is 0. The Hall–Kier alpha value is -0.0800. The average Bonchev–Trinajstić information content (AvgIpc) is 1.68. The minimum atomic E-state index is -0.0756. The molecule has 0 aromatic carbocycles. The maximum atomic E-state index is 9.95. The smallest absolute Gasteiger partial charge is 0.135 e. The molecule has 0 bridgehead atoms. The summed E-state index contributed by atoms with van der Waals surface area (Å²) in [7, 11) is 1.83. The summed E-state index contributed by atoms with van der Waals surface area (Å²) in [4.78, 5) is 1.75. The van der Waals surface area contributed by atoms with Gasteiger partial charge in [-0.1, -0.05) is 6.92 Å². The molecule has 0 aromatic rings. The van der Waals surface area contributed by atoms with Gasteiger partial charge in [-0.3, -0.25) is 4.90 Å². The van der Waals surface area contributed by atoms with Crippen LogP contribution < -0.4 is 0 Å². The number of nitrogens with zero attached hydrogens (tertiary/aromatic N) is 1. The molecule has 2 heteroatoms. The van der Waals surface area contributed by atoms with Gasteiger partial charge in [0.15, 0.2) is 0 Å². The highest BCUT2D eigenvalue weighted by molar-refractivity contribution is 4.37. The summed E-state index contributed by atoms with van der Waals surface area (Å²) < 4.78 is 0. The van der Waals surface area contributed by atoms with Crippen LogP contribution >= 0.6 is 0 Å². The highest BCUT2D eigenvalue weighted by atomic mass is 16.3. The molecule has 1 radical (unpaired) electrons. The van der Waals surface area contributed by atoms with E-state index in [1.807, 2.05) is 7.05 Å². The first-order valence-corrected chi connectivity index (χ1v) is 2.58. The van der Waals surface area contributed by atoms with E-state index in [-0.39, 0.29) is 6.73 Å². The quantitative estimate of drug-likeness (QED) is 0.481. The minimum Gasteiger partial charge on any atom is -0.281 e. The zero-order valence-electron chi connectivity index (χ0n) is 4.98. The molecular weight excluding hydrogens is 90.1 g/mol. The third-order valence-electron chi connectivity index (χ3n) is 0.826. The van der Waals surface area contributed by atoms with Crippen LogP contribution in [0.1, 0.15) is 13.3 Å². The zero-order valence-corrected chi connectivity index (χ0v) is 4.98. The lowest BCUT2D eigenvalue weighted by molar-refractivity contribution is 0.0699. The number of hydrogen-bond donors (Lipinski definition) is 0. The van der Waals surface area contributed by atoms with Gasteiger partial charge < -0.3 is 0 Å². The van der Waals surface area contributed by atoms with E-state index in [0.717, 1.165) is 13.0 Å². The Bertz CT molecular complexity index is 39.1. The van der Waals surface area contributed by atoms with Crippen LogP contribution in [0.15, 0.2) is 0 Å². The Balaban J connectivity index is 2.83. The van der Waals surface area contributed by atoms with Crippen LogP contribution in [0, 0.1) is 0 Å². The monoisotopic (exact) mass is 102 g/mol. The molecule has 43 valence electrons. The van der Waals surface area contributed by atoms with Crippen LogP contribution in [0.4, 0.5) is 0 Å². The van der Waals surface area contributed by atoms with Crippen LogP contribution in [-0.4, -0.2) is 25.2 Å². The van der Waals surface area contributed by atoms with Crippen LogP contribution in [0.25, 0.3) is 0 Å². The third kappa shape index (κ3) is 3.76. The number of hydrogen-bond acceptors (Lipinski definition) is 1. The molecule has 0 heterocycles. The molecule has 0 spiro atoms. The lowest BCUT2D eigenvalue weighted by atomic mass is 10.5. The highest BCUT2D eigenvalue weighted by Gasteiger charge is 1.89. The van der Waals surface area contributed by atoms with E-state index in [1.165, 1.54) is 0 Å². The summed E-state index contributed by atoms with van der Waals surface area (Å²) in [6.07, 6.45) is 1.07. The van der Waals surface area contributed by atoms with Crippen molar-refractivity contribution in [3.63, 3.8) is 0 Å². The molecule has 2 nitrogen and oxygen atoms in total. The van der Waals surface area contributed by atoms with Gasteiger partial charge >= 0.3 is 0 Å². The minimum absolute atomic E-state index is 0.0756. The van der Waals surface area contributed by atoms with Crippen molar-refractivity contribution < 1.29 is 5.11 Å². The van der Waals surface area contributed by atoms with Crippen molar-refractivity contribution in [3.8, 4) is 0 Å². The highest BCUT2D eigenvalue weighted by Crippen LogP contribution is 1.80. The molecule has 0 aliphatic heterocycles. The Morgan fingerprint density at radius 3 is 2.29 bits per heavy atom. The summed E-state index contributed by atoms with van der Waals surface area (Å²) in [5.41, 5.74) is 0. The first-order chi connectivity index (χ1) is 3.31. The van der Waals surface area contributed by atoms with Gasteiger partial charge in [0, 0.05) is 0 Å². The van der Waals surface area contributed by atoms with Gasteiger partial charge in [-0.05, 0) is 20.0 Å². The molecule has 0 saturated carbocycles. The van der Waals surface area contributed by atoms with Gasteiger partial charge in [0.05, 0.1) is 0 Å². The van der Waals surface area contributed by atoms with E-state index < -0.39 is 0 Å². The predicted octanol–water partition coefficient (Wildman–Crippen LogP) is 0.716. The Kier molecular flexibility index (Phi) is 4.04. The van der Waals surface area contributed by atoms with Crippen molar-refractivity contribution in [1.82, 2.24) is 4.90 Å². The van der Waals surface area contributed by atoms with Crippen molar-refractivity contribution in [3.05, 3.63) is 0 Å². The largest absolute Gasteiger partial charge is 0.281 e. The second-order valence-electron chi connectivity index (χ2n) is 1.71. The third-order valence-corrected chi connectivity index (χ3v) is 0.826. The molecule has 0 N–H and O–H groups in total. The molecule has 0 amide bonds. The maximum Gasteiger partial charge on any atom is 0.135 e. The summed E-state index contributed by atoms with van der Waals surface area (Å²) in [5, 5.41) is 9.95. The zero-order chi connectivity index (χ0) is 5.70.